The molecule has 2 atom stereocenters. The SMILES string of the molecule is CCOC(=O)C[C@H]1C(c2ccccc2)=NN(C(=O)OCc2ccccc2)[C@@H]1C(=O)OCC. The number of esters is 2. The van der Waals surface area contributed by atoms with Crippen LogP contribution in [0.2, 0.25) is 0 Å². The molecule has 8 heteroatoms. The van der Waals surface area contributed by atoms with Gasteiger partial charge in [-0.1, -0.05) is 60.7 Å². The Balaban J connectivity index is 1.92. The average molecular weight is 438 g/mol. The van der Waals surface area contributed by atoms with E-state index in [1.165, 1.54) is 0 Å². The average Bonchev–Trinajstić information content (AvgIpc) is 3.18. The van der Waals surface area contributed by atoms with Gasteiger partial charge in [-0.2, -0.15) is 10.1 Å². The zero-order valence-electron chi connectivity index (χ0n) is 18.1. The van der Waals surface area contributed by atoms with Crippen LogP contribution in [-0.4, -0.2) is 48.0 Å². The number of nitrogens with zero attached hydrogens (tertiary/aromatic N) is 2. The Hall–Kier alpha value is -3.68. The largest absolute Gasteiger partial charge is 0.466 e. The lowest BCUT2D eigenvalue weighted by Crippen LogP contribution is -2.45. The first-order valence-electron chi connectivity index (χ1n) is 10.5. The Bertz CT molecular complexity index is 961. The second-order valence-corrected chi connectivity index (χ2v) is 7.05. The molecule has 0 aromatic heterocycles. The molecule has 1 amide bonds. The minimum Gasteiger partial charge on any atom is -0.466 e. The Morgan fingerprint density at radius 2 is 1.50 bits per heavy atom. The van der Waals surface area contributed by atoms with Crippen LogP contribution in [-0.2, 0) is 30.4 Å². The maximum Gasteiger partial charge on any atom is 0.431 e. The first-order chi connectivity index (χ1) is 15.5. The highest BCUT2D eigenvalue weighted by atomic mass is 16.6. The summed E-state index contributed by atoms with van der Waals surface area (Å²) in [5.74, 6) is -1.89. The molecule has 32 heavy (non-hydrogen) atoms. The standard InChI is InChI=1S/C24H26N2O6/c1-3-30-20(27)15-19-21(18-13-9-6-10-14-18)25-26(22(19)23(28)31-4-2)24(29)32-16-17-11-7-5-8-12-17/h5-14,19,22H,3-4,15-16H2,1-2H3/t19-,22-/m0/s1. The molecule has 0 fully saturated rings. The van der Waals surface area contributed by atoms with E-state index in [0.29, 0.717) is 11.3 Å². The van der Waals surface area contributed by atoms with Crippen molar-refractivity contribution in [1.29, 1.82) is 0 Å². The number of hydrazone groups is 1. The van der Waals surface area contributed by atoms with Crippen molar-refractivity contribution in [1.82, 2.24) is 5.01 Å². The number of hydrogen-bond donors (Lipinski definition) is 0. The van der Waals surface area contributed by atoms with Gasteiger partial charge in [0.1, 0.15) is 6.61 Å². The molecule has 1 aliphatic rings. The molecule has 168 valence electrons. The minimum atomic E-state index is -1.14. The van der Waals surface area contributed by atoms with E-state index in [-0.39, 0.29) is 26.2 Å². The zero-order chi connectivity index (χ0) is 22.9. The smallest absolute Gasteiger partial charge is 0.431 e. The summed E-state index contributed by atoms with van der Waals surface area (Å²) in [6.45, 7) is 3.72. The van der Waals surface area contributed by atoms with Gasteiger partial charge in [0.05, 0.1) is 25.3 Å². The number of ether oxygens (including phenoxy) is 3. The van der Waals surface area contributed by atoms with Crippen LogP contribution in [0.1, 0.15) is 31.4 Å². The monoisotopic (exact) mass is 438 g/mol. The van der Waals surface area contributed by atoms with Crippen molar-refractivity contribution in [2.24, 2.45) is 11.0 Å². The number of hydrogen-bond acceptors (Lipinski definition) is 7. The van der Waals surface area contributed by atoms with E-state index in [9.17, 15) is 14.4 Å². The Kier molecular flexibility index (Phi) is 7.96. The van der Waals surface area contributed by atoms with Crippen molar-refractivity contribution in [2.45, 2.75) is 32.9 Å². The van der Waals surface area contributed by atoms with E-state index < -0.39 is 30.0 Å². The molecular formula is C24H26N2O6. The molecule has 2 aromatic rings. The normalized spacial score (nSPS) is 17.4. The van der Waals surface area contributed by atoms with Crippen molar-refractivity contribution >= 4 is 23.7 Å². The number of rotatable bonds is 8. The van der Waals surface area contributed by atoms with Crippen LogP contribution in [0.4, 0.5) is 4.79 Å². The van der Waals surface area contributed by atoms with Crippen molar-refractivity contribution in [3.8, 4) is 0 Å². The molecule has 0 spiro atoms. The summed E-state index contributed by atoms with van der Waals surface area (Å²) >= 11 is 0. The summed E-state index contributed by atoms with van der Waals surface area (Å²) < 4.78 is 15.7. The topological polar surface area (TPSA) is 94.5 Å². The summed E-state index contributed by atoms with van der Waals surface area (Å²) in [7, 11) is 0. The maximum absolute atomic E-state index is 12.9. The molecule has 8 nitrogen and oxygen atoms in total. The summed E-state index contributed by atoms with van der Waals surface area (Å²) in [6, 6.07) is 17.1. The second kappa shape index (κ2) is 11.1. The van der Waals surface area contributed by atoms with Crippen LogP contribution < -0.4 is 0 Å². The summed E-state index contributed by atoms with van der Waals surface area (Å²) in [5, 5.41) is 5.40. The second-order valence-electron chi connectivity index (χ2n) is 7.05. The van der Waals surface area contributed by atoms with Crippen molar-refractivity contribution in [3.05, 3.63) is 71.8 Å². The predicted molar refractivity (Wildman–Crippen MR) is 117 cm³/mol. The summed E-state index contributed by atoms with van der Waals surface area (Å²) in [5.41, 5.74) is 1.91. The molecule has 2 aromatic carbocycles. The van der Waals surface area contributed by atoms with Gasteiger partial charge < -0.3 is 14.2 Å². The molecule has 0 saturated heterocycles. The molecule has 0 saturated carbocycles. The number of benzene rings is 2. The van der Waals surface area contributed by atoms with Crippen molar-refractivity contribution in [2.75, 3.05) is 13.2 Å². The lowest BCUT2D eigenvalue weighted by molar-refractivity contribution is -0.151. The van der Waals surface area contributed by atoms with Crippen molar-refractivity contribution in [3.63, 3.8) is 0 Å². The van der Waals surface area contributed by atoms with E-state index in [1.807, 2.05) is 48.5 Å². The lowest BCUT2D eigenvalue weighted by Gasteiger charge is -2.24. The van der Waals surface area contributed by atoms with Gasteiger partial charge >= 0.3 is 18.0 Å². The highest BCUT2D eigenvalue weighted by Gasteiger charge is 2.48. The number of carbonyl (C=O) groups is 3. The van der Waals surface area contributed by atoms with Crippen LogP contribution in [0.25, 0.3) is 0 Å². The van der Waals surface area contributed by atoms with E-state index >= 15 is 0 Å². The third-order valence-corrected chi connectivity index (χ3v) is 4.89. The molecule has 0 aliphatic carbocycles. The zero-order valence-corrected chi connectivity index (χ0v) is 18.1. The summed E-state index contributed by atoms with van der Waals surface area (Å²) in [6.07, 6.45) is -0.931. The van der Waals surface area contributed by atoms with E-state index in [4.69, 9.17) is 14.2 Å². The molecule has 1 aliphatic heterocycles. The fourth-order valence-electron chi connectivity index (χ4n) is 3.49. The molecule has 3 rings (SSSR count). The van der Waals surface area contributed by atoms with E-state index in [2.05, 4.69) is 5.10 Å². The third kappa shape index (κ3) is 5.51. The molecule has 0 radical (unpaired) electrons. The molecule has 0 unspecified atom stereocenters. The summed E-state index contributed by atoms with van der Waals surface area (Å²) in [4.78, 5) is 38.1. The van der Waals surface area contributed by atoms with Gasteiger partial charge in [0.15, 0.2) is 6.04 Å². The Morgan fingerprint density at radius 1 is 0.875 bits per heavy atom. The van der Waals surface area contributed by atoms with Gasteiger partial charge in [-0.25, -0.2) is 9.59 Å². The van der Waals surface area contributed by atoms with E-state index in [0.717, 1.165) is 10.6 Å². The Labute approximate surface area is 186 Å². The van der Waals surface area contributed by atoms with Crippen LogP contribution in [0.3, 0.4) is 0 Å². The maximum atomic E-state index is 12.9. The first-order valence-corrected chi connectivity index (χ1v) is 10.5. The molecule has 0 bridgehead atoms. The fourth-order valence-corrected chi connectivity index (χ4v) is 3.49. The van der Waals surface area contributed by atoms with Gasteiger partial charge in [-0.3, -0.25) is 4.79 Å². The van der Waals surface area contributed by atoms with Gasteiger partial charge in [-0.15, -0.1) is 0 Å². The van der Waals surface area contributed by atoms with E-state index in [1.54, 1.807) is 26.0 Å². The number of carbonyl (C=O) groups excluding carboxylic acids is 3. The predicted octanol–water partition coefficient (Wildman–Crippen LogP) is 3.54. The molecular weight excluding hydrogens is 412 g/mol. The van der Waals surface area contributed by atoms with Crippen LogP contribution in [0.15, 0.2) is 65.8 Å². The highest BCUT2D eigenvalue weighted by Crippen LogP contribution is 2.31. The lowest BCUT2D eigenvalue weighted by atomic mass is 9.88. The van der Waals surface area contributed by atoms with Gasteiger partial charge in [0, 0.05) is 5.92 Å². The van der Waals surface area contributed by atoms with Crippen LogP contribution >= 0.6 is 0 Å². The number of amides is 1. The fraction of sp³-hybridized carbons (Fsp3) is 0.333. The van der Waals surface area contributed by atoms with Gasteiger partial charge in [0.25, 0.3) is 0 Å². The third-order valence-electron chi connectivity index (χ3n) is 4.89. The highest BCUT2D eigenvalue weighted by molar-refractivity contribution is 6.08. The van der Waals surface area contributed by atoms with Crippen molar-refractivity contribution < 1.29 is 28.6 Å². The minimum absolute atomic E-state index is 0.0183. The Morgan fingerprint density at radius 3 is 2.12 bits per heavy atom. The molecule has 1 heterocycles. The van der Waals surface area contributed by atoms with Gasteiger partial charge in [0.2, 0.25) is 0 Å². The quantitative estimate of drug-likeness (QED) is 0.462. The molecule has 0 N–H and O–H groups in total. The van der Waals surface area contributed by atoms with Gasteiger partial charge in [-0.05, 0) is 25.0 Å². The van der Waals surface area contributed by atoms with Crippen LogP contribution in [0.5, 0.6) is 0 Å². The first kappa shape index (κ1) is 23.0. The van der Waals surface area contributed by atoms with Crippen LogP contribution in [0, 0.1) is 5.92 Å².